The molecule has 0 bridgehead atoms. The Morgan fingerprint density at radius 2 is 2.19 bits per heavy atom. The molecule has 0 fully saturated rings. The van der Waals surface area contributed by atoms with Crippen molar-refractivity contribution in [1.29, 1.82) is 0 Å². The van der Waals surface area contributed by atoms with E-state index in [4.69, 9.17) is 17.3 Å². The largest absolute Gasteiger partial charge is 0.361 e. The average molecular weight is 263 g/mol. The van der Waals surface area contributed by atoms with Crippen LogP contribution in [0.15, 0.2) is 18.3 Å². The third-order valence-electron chi connectivity index (χ3n) is 2.35. The third kappa shape index (κ3) is 2.48. The molecule has 2 nitrogen and oxygen atoms in total. The maximum atomic E-state index is 13.3. The molecule has 16 heavy (non-hydrogen) atoms. The van der Waals surface area contributed by atoms with E-state index < -0.39 is 5.82 Å². The van der Waals surface area contributed by atoms with Crippen molar-refractivity contribution >= 4 is 34.9 Å². The van der Waals surface area contributed by atoms with Gasteiger partial charge in [0.1, 0.15) is 5.82 Å². The van der Waals surface area contributed by atoms with Gasteiger partial charge in [0.2, 0.25) is 0 Å². The standard InChI is InChI=1S/C11H12ClFN2.ClH/c1-6(14)2-7-5-15-11-4-9(12)10(13)3-8(7)11;/h3-6,15H,2,14H2,1H3;1H/t6-;/m1./s1. The van der Waals surface area contributed by atoms with Crippen LogP contribution in [0, 0.1) is 5.82 Å². The number of rotatable bonds is 2. The molecule has 1 aromatic heterocycles. The second-order valence-electron chi connectivity index (χ2n) is 3.81. The number of aromatic amines is 1. The molecular weight excluding hydrogens is 250 g/mol. The average Bonchev–Trinajstić information content (AvgIpc) is 2.49. The van der Waals surface area contributed by atoms with Gasteiger partial charge in [-0.15, -0.1) is 12.4 Å². The van der Waals surface area contributed by atoms with Crippen LogP contribution < -0.4 is 5.73 Å². The van der Waals surface area contributed by atoms with Crippen molar-refractivity contribution in [2.45, 2.75) is 19.4 Å². The molecule has 2 aromatic rings. The Balaban J connectivity index is 0.00000128. The minimum absolute atomic E-state index is 0. The van der Waals surface area contributed by atoms with Gasteiger partial charge in [-0.2, -0.15) is 0 Å². The summed E-state index contributed by atoms with van der Waals surface area (Å²) in [7, 11) is 0. The molecule has 0 aliphatic rings. The molecule has 0 aliphatic heterocycles. The van der Waals surface area contributed by atoms with Crippen LogP contribution in [-0.2, 0) is 6.42 Å². The van der Waals surface area contributed by atoms with E-state index in [0.717, 1.165) is 22.9 Å². The summed E-state index contributed by atoms with van der Waals surface area (Å²) in [5.41, 5.74) is 7.58. The zero-order chi connectivity index (χ0) is 11.0. The maximum absolute atomic E-state index is 13.3. The normalized spacial score (nSPS) is 12.5. The molecule has 0 unspecified atom stereocenters. The smallest absolute Gasteiger partial charge is 0.142 e. The molecule has 2 rings (SSSR count). The predicted octanol–water partition coefficient (Wildman–Crippen LogP) is 3.27. The van der Waals surface area contributed by atoms with Crippen LogP contribution in [0.3, 0.4) is 0 Å². The van der Waals surface area contributed by atoms with Gasteiger partial charge in [-0.3, -0.25) is 0 Å². The second kappa shape index (κ2) is 5.04. The van der Waals surface area contributed by atoms with Crippen LogP contribution in [0.5, 0.6) is 0 Å². The van der Waals surface area contributed by atoms with Crippen LogP contribution in [-0.4, -0.2) is 11.0 Å². The molecule has 0 spiro atoms. The van der Waals surface area contributed by atoms with Gasteiger partial charge >= 0.3 is 0 Å². The van der Waals surface area contributed by atoms with Crippen LogP contribution in [0.4, 0.5) is 4.39 Å². The van der Waals surface area contributed by atoms with Gasteiger partial charge in [-0.1, -0.05) is 11.6 Å². The zero-order valence-corrected chi connectivity index (χ0v) is 10.3. The Labute approximate surface area is 104 Å². The Hall–Kier alpha value is -0.770. The van der Waals surface area contributed by atoms with Crippen molar-refractivity contribution in [2.24, 2.45) is 5.73 Å². The molecule has 5 heteroatoms. The fourth-order valence-corrected chi connectivity index (χ4v) is 1.85. The van der Waals surface area contributed by atoms with E-state index in [1.807, 2.05) is 13.1 Å². The van der Waals surface area contributed by atoms with Crippen LogP contribution in [0.25, 0.3) is 10.9 Å². The number of hydrogen-bond donors (Lipinski definition) is 2. The predicted molar refractivity (Wildman–Crippen MR) is 67.9 cm³/mol. The van der Waals surface area contributed by atoms with Gasteiger partial charge in [-0.05, 0) is 31.0 Å². The monoisotopic (exact) mass is 262 g/mol. The van der Waals surface area contributed by atoms with Crippen LogP contribution >= 0.6 is 24.0 Å². The molecule has 0 aliphatic carbocycles. The number of halogens is 3. The first-order chi connectivity index (χ1) is 7.08. The van der Waals surface area contributed by atoms with E-state index in [1.54, 1.807) is 6.07 Å². The number of nitrogens with one attached hydrogen (secondary N) is 1. The van der Waals surface area contributed by atoms with E-state index >= 15 is 0 Å². The zero-order valence-electron chi connectivity index (χ0n) is 8.76. The Morgan fingerprint density at radius 1 is 1.50 bits per heavy atom. The first kappa shape index (κ1) is 13.3. The van der Waals surface area contributed by atoms with Crippen molar-refractivity contribution in [3.8, 4) is 0 Å². The molecule has 0 radical (unpaired) electrons. The molecule has 1 aromatic carbocycles. The van der Waals surface area contributed by atoms with Crippen molar-refractivity contribution < 1.29 is 4.39 Å². The summed E-state index contributed by atoms with van der Waals surface area (Å²) in [5, 5.41) is 0.992. The molecule has 0 saturated carbocycles. The van der Waals surface area contributed by atoms with Gasteiger partial charge < -0.3 is 10.7 Å². The summed E-state index contributed by atoms with van der Waals surface area (Å²) >= 11 is 5.68. The number of hydrogen-bond acceptors (Lipinski definition) is 1. The summed E-state index contributed by atoms with van der Waals surface area (Å²) in [4.78, 5) is 3.05. The minimum Gasteiger partial charge on any atom is -0.361 e. The number of H-pyrrole nitrogens is 1. The van der Waals surface area contributed by atoms with E-state index in [1.165, 1.54) is 6.07 Å². The van der Waals surface area contributed by atoms with Gasteiger partial charge in [0.15, 0.2) is 0 Å². The third-order valence-corrected chi connectivity index (χ3v) is 2.64. The first-order valence-electron chi connectivity index (χ1n) is 4.78. The lowest BCUT2D eigenvalue weighted by Crippen LogP contribution is -2.17. The molecule has 0 saturated heterocycles. The number of fused-ring (bicyclic) bond motifs is 1. The summed E-state index contributed by atoms with van der Waals surface area (Å²) < 4.78 is 13.3. The van der Waals surface area contributed by atoms with E-state index in [0.29, 0.717) is 0 Å². The highest BCUT2D eigenvalue weighted by Gasteiger charge is 2.09. The lowest BCUT2D eigenvalue weighted by atomic mass is 10.1. The Morgan fingerprint density at radius 3 is 2.81 bits per heavy atom. The number of aromatic nitrogens is 1. The van der Waals surface area contributed by atoms with Gasteiger partial charge in [0, 0.05) is 23.1 Å². The maximum Gasteiger partial charge on any atom is 0.142 e. The summed E-state index contributed by atoms with van der Waals surface area (Å²) in [5.74, 6) is -0.394. The van der Waals surface area contributed by atoms with Crippen molar-refractivity contribution in [3.63, 3.8) is 0 Å². The first-order valence-corrected chi connectivity index (χ1v) is 5.16. The molecule has 3 N–H and O–H groups in total. The molecule has 88 valence electrons. The highest BCUT2D eigenvalue weighted by atomic mass is 35.5. The molecule has 1 atom stereocenters. The number of benzene rings is 1. The Bertz CT molecular complexity index is 494. The Kier molecular flexibility index (Phi) is 4.19. The molecular formula is C11H13Cl2FN2. The van der Waals surface area contributed by atoms with Crippen molar-refractivity contribution in [3.05, 3.63) is 34.7 Å². The molecule has 0 amide bonds. The highest BCUT2D eigenvalue weighted by Crippen LogP contribution is 2.25. The van der Waals surface area contributed by atoms with Crippen LogP contribution in [0.1, 0.15) is 12.5 Å². The summed E-state index contributed by atoms with van der Waals surface area (Å²) in [6.45, 7) is 1.92. The summed E-state index contributed by atoms with van der Waals surface area (Å²) in [6.07, 6.45) is 2.57. The summed E-state index contributed by atoms with van der Waals surface area (Å²) in [6, 6.07) is 3.10. The fourth-order valence-electron chi connectivity index (χ4n) is 1.69. The van der Waals surface area contributed by atoms with Gasteiger partial charge in [-0.25, -0.2) is 4.39 Å². The van der Waals surface area contributed by atoms with Gasteiger partial charge in [0.25, 0.3) is 0 Å². The lowest BCUT2D eigenvalue weighted by molar-refractivity contribution is 0.630. The topological polar surface area (TPSA) is 41.8 Å². The second-order valence-corrected chi connectivity index (χ2v) is 4.21. The minimum atomic E-state index is -0.394. The van der Waals surface area contributed by atoms with Gasteiger partial charge in [0.05, 0.1) is 5.02 Å². The number of nitrogens with two attached hydrogens (primary N) is 1. The highest BCUT2D eigenvalue weighted by molar-refractivity contribution is 6.31. The van der Waals surface area contributed by atoms with Crippen molar-refractivity contribution in [2.75, 3.05) is 0 Å². The molecule has 1 heterocycles. The van der Waals surface area contributed by atoms with E-state index in [2.05, 4.69) is 4.98 Å². The quantitative estimate of drug-likeness (QED) is 0.857. The van der Waals surface area contributed by atoms with Crippen LogP contribution in [0.2, 0.25) is 5.02 Å². The van der Waals surface area contributed by atoms with E-state index in [-0.39, 0.29) is 23.5 Å². The van der Waals surface area contributed by atoms with Crippen molar-refractivity contribution in [1.82, 2.24) is 4.98 Å². The SMILES string of the molecule is C[C@@H](N)Cc1c[nH]c2cc(Cl)c(F)cc12.Cl. The lowest BCUT2D eigenvalue weighted by Gasteiger charge is -2.03. The van der Waals surface area contributed by atoms with E-state index in [9.17, 15) is 4.39 Å². The fraction of sp³-hybridized carbons (Fsp3) is 0.273.